The zero-order valence-corrected chi connectivity index (χ0v) is 10.6. The first-order valence-electron chi connectivity index (χ1n) is 6.76. The Morgan fingerprint density at radius 1 is 1.53 bits per heavy atom. The molecule has 2 aliphatic rings. The summed E-state index contributed by atoms with van der Waals surface area (Å²) < 4.78 is 5.46. The second-order valence-electron chi connectivity index (χ2n) is 5.76. The topological polar surface area (TPSA) is 28.4 Å². The zero-order valence-electron chi connectivity index (χ0n) is 10.6. The molecule has 0 aromatic carbocycles. The average Bonchev–Trinajstić information content (AvgIpc) is 3.07. The van der Waals surface area contributed by atoms with Gasteiger partial charge in [0.25, 0.3) is 0 Å². The van der Waals surface area contributed by atoms with Gasteiger partial charge in [0, 0.05) is 12.1 Å². The van der Waals surface area contributed by atoms with E-state index >= 15 is 0 Å². The molecule has 1 N–H and O–H groups in total. The third-order valence-electron chi connectivity index (χ3n) is 4.17. The van der Waals surface area contributed by atoms with E-state index in [1.165, 1.54) is 25.8 Å². The molecule has 1 saturated carbocycles. The Bertz CT molecular complexity index is 358. The summed E-state index contributed by atoms with van der Waals surface area (Å²) >= 11 is 0. The molecule has 2 heterocycles. The van der Waals surface area contributed by atoms with E-state index in [1.807, 2.05) is 6.07 Å². The quantitative estimate of drug-likeness (QED) is 0.869. The molecule has 1 aliphatic heterocycles. The molecular formula is C14H22N2O. The molecule has 1 saturated heterocycles. The van der Waals surface area contributed by atoms with E-state index in [0.717, 1.165) is 31.3 Å². The largest absolute Gasteiger partial charge is 0.468 e. The third kappa shape index (κ3) is 2.55. The van der Waals surface area contributed by atoms with Gasteiger partial charge in [0.1, 0.15) is 5.76 Å². The summed E-state index contributed by atoms with van der Waals surface area (Å²) in [6, 6.07) is 4.05. The van der Waals surface area contributed by atoms with Gasteiger partial charge in [-0.15, -0.1) is 0 Å². The van der Waals surface area contributed by atoms with Crippen molar-refractivity contribution in [2.45, 2.75) is 38.3 Å². The molecule has 0 amide bonds. The van der Waals surface area contributed by atoms with E-state index in [1.54, 1.807) is 6.26 Å². The summed E-state index contributed by atoms with van der Waals surface area (Å²) in [5.74, 6) is 1.98. The molecule has 1 atom stereocenters. The lowest BCUT2D eigenvalue weighted by molar-refractivity contribution is 0.184. The molecule has 1 aliphatic carbocycles. The highest BCUT2D eigenvalue weighted by Gasteiger charge is 2.42. The molecule has 1 aromatic rings. The van der Waals surface area contributed by atoms with E-state index in [9.17, 15) is 0 Å². The Hall–Kier alpha value is -0.800. The van der Waals surface area contributed by atoms with Gasteiger partial charge in [0.05, 0.1) is 12.8 Å². The first-order chi connectivity index (χ1) is 8.26. The van der Waals surface area contributed by atoms with Crippen molar-refractivity contribution in [3.8, 4) is 0 Å². The fourth-order valence-corrected chi connectivity index (χ4v) is 3.03. The van der Waals surface area contributed by atoms with Crippen molar-refractivity contribution in [1.29, 1.82) is 0 Å². The normalized spacial score (nSPS) is 31.4. The summed E-state index contributed by atoms with van der Waals surface area (Å²) in [4.78, 5) is 2.54. The summed E-state index contributed by atoms with van der Waals surface area (Å²) in [7, 11) is 0. The molecule has 2 fully saturated rings. The van der Waals surface area contributed by atoms with E-state index in [-0.39, 0.29) is 0 Å². The summed E-state index contributed by atoms with van der Waals surface area (Å²) in [5, 5.41) is 3.76. The lowest BCUT2D eigenvalue weighted by atomic mass is 9.95. The predicted molar refractivity (Wildman–Crippen MR) is 67.7 cm³/mol. The first-order valence-corrected chi connectivity index (χ1v) is 6.76. The molecule has 0 radical (unpaired) electrons. The van der Waals surface area contributed by atoms with Crippen LogP contribution >= 0.6 is 0 Å². The van der Waals surface area contributed by atoms with Crippen LogP contribution in [0, 0.1) is 5.92 Å². The highest BCUT2D eigenvalue weighted by Crippen LogP contribution is 2.40. The van der Waals surface area contributed by atoms with Gasteiger partial charge in [-0.1, -0.05) is 0 Å². The van der Waals surface area contributed by atoms with Crippen LogP contribution in [0.4, 0.5) is 0 Å². The fraction of sp³-hybridized carbons (Fsp3) is 0.714. The number of nitrogens with zero attached hydrogens (tertiary/aromatic N) is 1. The third-order valence-corrected chi connectivity index (χ3v) is 4.17. The maximum absolute atomic E-state index is 5.46. The zero-order chi connectivity index (χ0) is 11.7. The van der Waals surface area contributed by atoms with Gasteiger partial charge >= 0.3 is 0 Å². The molecule has 0 bridgehead atoms. The van der Waals surface area contributed by atoms with Crippen LogP contribution in [-0.4, -0.2) is 30.1 Å². The Labute approximate surface area is 103 Å². The first kappa shape index (κ1) is 11.3. The Kier molecular flexibility index (Phi) is 2.97. The van der Waals surface area contributed by atoms with Crippen LogP contribution < -0.4 is 5.32 Å². The van der Waals surface area contributed by atoms with Crippen LogP contribution in [0.5, 0.6) is 0 Å². The number of furan rings is 1. The number of nitrogens with one attached hydrogen (secondary N) is 1. The molecule has 17 heavy (non-hydrogen) atoms. The lowest BCUT2D eigenvalue weighted by Crippen LogP contribution is -2.50. The molecule has 3 heteroatoms. The van der Waals surface area contributed by atoms with Crippen molar-refractivity contribution in [3.63, 3.8) is 0 Å². The molecule has 0 spiro atoms. The van der Waals surface area contributed by atoms with E-state index in [2.05, 4.69) is 23.2 Å². The molecule has 1 unspecified atom stereocenters. The van der Waals surface area contributed by atoms with Crippen molar-refractivity contribution in [2.75, 3.05) is 19.6 Å². The van der Waals surface area contributed by atoms with Gasteiger partial charge < -0.3 is 9.73 Å². The SMILES string of the molecule is CC1(C2CC2)CN(Cc2ccco2)CCCN1. The highest BCUT2D eigenvalue weighted by atomic mass is 16.3. The van der Waals surface area contributed by atoms with Crippen LogP contribution in [-0.2, 0) is 6.54 Å². The van der Waals surface area contributed by atoms with Crippen LogP contribution in [0.1, 0.15) is 31.9 Å². The van der Waals surface area contributed by atoms with Crippen molar-refractivity contribution in [1.82, 2.24) is 10.2 Å². The summed E-state index contributed by atoms with van der Waals surface area (Å²) in [5.41, 5.74) is 0.323. The lowest BCUT2D eigenvalue weighted by Gasteiger charge is -2.33. The number of hydrogen-bond acceptors (Lipinski definition) is 3. The summed E-state index contributed by atoms with van der Waals surface area (Å²) in [6.45, 7) is 6.83. The molecule has 94 valence electrons. The molecule has 3 nitrogen and oxygen atoms in total. The molecule has 3 rings (SSSR count). The maximum atomic E-state index is 5.46. The predicted octanol–water partition coefficient (Wildman–Crippen LogP) is 2.24. The minimum atomic E-state index is 0.323. The maximum Gasteiger partial charge on any atom is 0.117 e. The van der Waals surface area contributed by atoms with Gasteiger partial charge in [-0.25, -0.2) is 0 Å². The van der Waals surface area contributed by atoms with Crippen LogP contribution in [0.3, 0.4) is 0 Å². The second kappa shape index (κ2) is 4.46. The van der Waals surface area contributed by atoms with Gasteiger partial charge in [0.2, 0.25) is 0 Å². The Balaban J connectivity index is 1.67. The number of hydrogen-bond donors (Lipinski definition) is 1. The molecule has 1 aromatic heterocycles. The Morgan fingerprint density at radius 3 is 3.12 bits per heavy atom. The van der Waals surface area contributed by atoms with Crippen molar-refractivity contribution >= 4 is 0 Å². The van der Waals surface area contributed by atoms with Gasteiger partial charge in [-0.05, 0) is 57.3 Å². The molecular weight excluding hydrogens is 212 g/mol. The van der Waals surface area contributed by atoms with Gasteiger partial charge in [-0.2, -0.15) is 0 Å². The highest BCUT2D eigenvalue weighted by molar-refractivity contribution is 5.03. The average molecular weight is 234 g/mol. The van der Waals surface area contributed by atoms with Crippen molar-refractivity contribution < 1.29 is 4.42 Å². The minimum Gasteiger partial charge on any atom is -0.468 e. The van der Waals surface area contributed by atoms with Gasteiger partial charge in [-0.3, -0.25) is 4.90 Å². The fourth-order valence-electron chi connectivity index (χ4n) is 3.03. The standard InChI is InChI=1S/C14H22N2O/c1-14(12-5-6-12)11-16(8-3-7-15-14)10-13-4-2-9-17-13/h2,4,9,12,15H,3,5-8,10-11H2,1H3. The number of rotatable bonds is 3. The monoisotopic (exact) mass is 234 g/mol. The van der Waals surface area contributed by atoms with Crippen LogP contribution in [0.2, 0.25) is 0 Å². The van der Waals surface area contributed by atoms with E-state index < -0.39 is 0 Å². The smallest absolute Gasteiger partial charge is 0.117 e. The van der Waals surface area contributed by atoms with Gasteiger partial charge in [0.15, 0.2) is 0 Å². The van der Waals surface area contributed by atoms with Crippen molar-refractivity contribution in [3.05, 3.63) is 24.2 Å². The van der Waals surface area contributed by atoms with Crippen LogP contribution in [0.25, 0.3) is 0 Å². The van der Waals surface area contributed by atoms with E-state index in [0.29, 0.717) is 5.54 Å². The second-order valence-corrected chi connectivity index (χ2v) is 5.76. The minimum absolute atomic E-state index is 0.323. The van der Waals surface area contributed by atoms with Crippen LogP contribution in [0.15, 0.2) is 22.8 Å². The summed E-state index contributed by atoms with van der Waals surface area (Å²) in [6.07, 6.45) is 5.81. The Morgan fingerprint density at radius 2 is 2.41 bits per heavy atom. The van der Waals surface area contributed by atoms with Crippen molar-refractivity contribution in [2.24, 2.45) is 5.92 Å². The van der Waals surface area contributed by atoms with E-state index in [4.69, 9.17) is 4.42 Å².